The van der Waals surface area contributed by atoms with Crippen molar-refractivity contribution in [2.24, 2.45) is 11.7 Å². The molecule has 94 valence electrons. The largest absolute Gasteiger partial charge is 0.327 e. The first kappa shape index (κ1) is 12.5. The Labute approximate surface area is 105 Å². The summed E-state index contributed by atoms with van der Waals surface area (Å²) in [7, 11) is 0. The second-order valence-corrected chi connectivity index (χ2v) is 4.53. The number of nitrogens with zero attached hydrogens (tertiary/aromatic N) is 1. The number of carbonyl (C=O) groups excluding carboxylic acids is 1. The van der Waals surface area contributed by atoms with E-state index in [1.165, 1.54) is 18.2 Å². The third-order valence-electron chi connectivity index (χ3n) is 3.05. The fraction of sp³-hybridized carbons (Fsp3) is 0.385. The van der Waals surface area contributed by atoms with Crippen molar-refractivity contribution in [1.82, 2.24) is 0 Å². The van der Waals surface area contributed by atoms with Gasteiger partial charge in [-0.25, -0.2) is 4.39 Å². The standard InChI is InChI=1S/C13H14FN3O/c14-10-2-1-3-12(9(10)7-15)17-13(18)6-11(16)8-4-5-8/h1-3,8,11H,4-6,16H2,(H,17,18). The molecule has 1 aromatic carbocycles. The topological polar surface area (TPSA) is 78.9 Å². The van der Waals surface area contributed by atoms with Gasteiger partial charge in [0.1, 0.15) is 17.4 Å². The van der Waals surface area contributed by atoms with Gasteiger partial charge >= 0.3 is 0 Å². The molecule has 0 aromatic heterocycles. The van der Waals surface area contributed by atoms with Crippen LogP contribution in [0.2, 0.25) is 0 Å². The molecule has 0 heterocycles. The molecule has 0 bridgehead atoms. The number of amides is 1. The van der Waals surface area contributed by atoms with Gasteiger partial charge in [0, 0.05) is 12.5 Å². The monoisotopic (exact) mass is 247 g/mol. The average Bonchev–Trinajstić information content (AvgIpc) is 3.12. The summed E-state index contributed by atoms with van der Waals surface area (Å²) in [5.74, 6) is -0.489. The van der Waals surface area contributed by atoms with E-state index in [1.54, 1.807) is 6.07 Å². The number of nitrogens with one attached hydrogen (secondary N) is 1. The summed E-state index contributed by atoms with van der Waals surface area (Å²) >= 11 is 0. The van der Waals surface area contributed by atoms with E-state index in [2.05, 4.69) is 5.32 Å². The van der Waals surface area contributed by atoms with Crippen molar-refractivity contribution in [3.05, 3.63) is 29.6 Å². The molecule has 2 rings (SSSR count). The molecule has 0 saturated heterocycles. The van der Waals surface area contributed by atoms with E-state index in [-0.39, 0.29) is 29.6 Å². The van der Waals surface area contributed by atoms with Crippen LogP contribution in [-0.4, -0.2) is 11.9 Å². The molecule has 0 aliphatic heterocycles. The van der Waals surface area contributed by atoms with Gasteiger partial charge < -0.3 is 11.1 Å². The Hall–Kier alpha value is -1.93. The van der Waals surface area contributed by atoms with Gasteiger partial charge in [0.15, 0.2) is 0 Å². The highest BCUT2D eigenvalue weighted by Gasteiger charge is 2.29. The molecule has 1 atom stereocenters. The van der Waals surface area contributed by atoms with E-state index in [4.69, 9.17) is 11.0 Å². The molecule has 18 heavy (non-hydrogen) atoms. The van der Waals surface area contributed by atoms with Crippen molar-refractivity contribution in [3.8, 4) is 6.07 Å². The lowest BCUT2D eigenvalue weighted by Crippen LogP contribution is -2.29. The van der Waals surface area contributed by atoms with E-state index in [0.29, 0.717) is 5.92 Å². The van der Waals surface area contributed by atoms with Crippen LogP contribution in [0.4, 0.5) is 10.1 Å². The lowest BCUT2D eigenvalue weighted by atomic mass is 10.1. The lowest BCUT2D eigenvalue weighted by Gasteiger charge is -2.11. The van der Waals surface area contributed by atoms with Crippen LogP contribution in [0.1, 0.15) is 24.8 Å². The van der Waals surface area contributed by atoms with Crippen LogP contribution in [0.3, 0.4) is 0 Å². The molecule has 3 N–H and O–H groups in total. The molecule has 0 spiro atoms. The Morgan fingerprint density at radius 2 is 2.33 bits per heavy atom. The first-order valence-corrected chi connectivity index (χ1v) is 5.86. The summed E-state index contributed by atoms with van der Waals surface area (Å²) < 4.78 is 13.3. The van der Waals surface area contributed by atoms with Crippen LogP contribution in [0.15, 0.2) is 18.2 Å². The van der Waals surface area contributed by atoms with Gasteiger partial charge in [-0.05, 0) is 30.9 Å². The number of benzene rings is 1. The summed E-state index contributed by atoms with van der Waals surface area (Å²) in [6, 6.07) is 5.73. The van der Waals surface area contributed by atoms with Crippen LogP contribution < -0.4 is 11.1 Å². The van der Waals surface area contributed by atoms with Crippen LogP contribution in [0.5, 0.6) is 0 Å². The number of carbonyl (C=O) groups is 1. The van der Waals surface area contributed by atoms with Gasteiger partial charge in [0.2, 0.25) is 5.91 Å². The quantitative estimate of drug-likeness (QED) is 0.850. The predicted octanol–water partition coefficient (Wildman–Crippen LogP) is 1.76. The van der Waals surface area contributed by atoms with Crippen molar-refractivity contribution in [1.29, 1.82) is 5.26 Å². The van der Waals surface area contributed by atoms with E-state index in [0.717, 1.165) is 12.8 Å². The average molecular weight is 247 g/mol. The minimum absolute atomic E-state index is 0.147. The molecule has 1 saturated carbocycles. The van der Waals surface area contributed by atoms with Crippen LogP contribution in [-0.2, 0) is 4.79 Å². The maximum atomic E-state index is 13.3. The van der Waals surface area contributed by atoms with Gasteiger partial charge in [0.25, 0.3) is 0 Å². The van der Waals surface area contributed by atoms with Crippen LogP contribution in [0.25, 0.3) is 0 Å². The Morgan fingerprint density at radius 1 is 1.61 bits per heavy atom. The predicted molar refractivity (Wildman–Crippen MR) is 65.1 cm³/mol. The molecule has 1 aliphatic rings. The number of rotatable bonds is 4. The zero-order chi connectivity index (χ0) is 13.1. The molecular weight excluding hydrogens is 233 g/mol. The molecule has 0 radical (unpaired) electrons. The molecular formula is C13H14FN3O. The summed E-state index contributed by atoms with van der Waals surface area (Å²) in [4.78, 5) is 11.7. The van der Waals surface area contributed by atoms with Crippen LogP contribution in [0, 0.1) is 23.1 Å². The second-order valence-electron chi connectivity index (χ2n) is 4.53. The van der Waals surface area contributed by atoms with Gasteiger partial charge in [-0.3, -0.25) is 4.79 Å². The molecule has 1 aliphatic carbocycles. The van der Waals surface area contributed by atoms with Crippen molar-refractivity contribution in [2.75, 3.05) is 5.32 Å². The lowest BCUT2D eigenvalue weighted by molar-refractivity contribution is -0.116. The smallest absolute Gasteiger partial charge is 0.225 e. The summed E-state index contributed by atoms with van der Waals surface area (Å²) in [6.07, 6.45) is 2.34. The van der Waals surface area contributed by atoms with Gasteiger partial charge in [-0.2, -0.15) is 5.26 Å². The molecule has 1 fully saturated rings. The minimum Gasteiger partial charge on any atom is -0.327 e. The number of nitriles is 1. The highest BCUT2D eigenvalue weighted by atomic mass is 19.1. The van der Waals surface area contributed by atoms with Gasteiger partial charge in [0.05, 0.1) is 5.69 Å². The maximum absolute atomic E-state index is 13.3. The number of nitrogens with two attached hydrogens (primary N) is 1. The zero-order valence-electron chi connectivity index (χ0n) is 9.82. The molecule has 1 unspecified atom stereocenters. The van der Waals surface area contributed by atoms with Crippen molar-refractivity contribution in [3.63, 3.8) is 0 Å². The fourth-order valence-corrected chi connectivity index (χ4v) is 1.85. The molecule has 5 heteroatoms. The van der Waals surface area contributed by atoms with E-state index < -0.39 is 5.82 Å². The molecule has 1 aromatic rings. The summed E-state index contributed by atoms with van der Waals surface area (Å²) in [5.41, 5.74) is 5.89. The Balaban J connectivity index is 2.02. The Morgan fingerprint density at radius 3 is 2.94 bits per heavy atom. The number of hydrogen-bond donors (Lipinski definition) is 2. The summed E-state index contributed by atoms with van der Waals surface area (Å²) in [5, 5.41) is 11.4. The number of halogens is 1. The fourth-order valence-electron chi connectivity index (χ4n) is 1.85. The van der Waals surface area contributed by atoms with E-state index >= 15 is 0 Å². The molecule has 4 nitrogen and oxygen atoms in total. The molecule has 1 amide bonds. The number of hydrogen-bond acceptors (Lipinski definition) is 3. The minimum atomic E-state index is -0.637. The first-order valence-electron chi connectivity index (χ1n) is 5.86. The van der Waals surface area contributed by atoms with Crippen molar-refractivity contribution < 1.29 is 9.18 Å². The van der Waals surface area contributed by atoms with Crippen LogP contribution >= 0.6 is 0 Å². The van der Waals surface area contributed by atoms with Crippen molar-refractivity contribution >= 4 is 11.6 Å². The highest BCUT2D eigenvalue weighted by Crippen LogP contribution is 2.32. The Bertz CT molecular complexity index is 505. The van der Waals surface area contributed by atoms with Gasteiger partial charge in [-0.15, -0.1) is 0 Å². The highest BCUT2D eigenvalue weighted by molar-refractivity contribution is 5.92. The van der Waals surface area contributed by atoms with Gasteiger partial charge in [-0.1, -0.05) is 6.07 Å². The van der Waals surface area contributed by atoms with Crippen molar-refractivity contribution in [2.45, 2.75) is 25.3 Å². The number of anilines is 1. The van der Waals surface area contributed by atoms with E-state index in [9.17, 15) is 9.18 Å². The Kier molecular flexibility index (Phi) is 3.58. The third kappa shape index (κ3) is 2.84. The zero-order valence-corrected chi connectivity index (χ0v) is 9.82. The second kappa shape index (κ2) is 5.15. The van der Waals surface area contributed by atoms with E-state index in [1.807, 2.05) is 0 Å². The summed E-state index contributed by atoms with van der Waals surface area (Å²) in [6.45, 7) is 0. The third-order valence-corrected chi connectivity index (χ3v) is 3.05. The maximum Gasteiger partial charge on any atom is 0.225 e. The SMILES string of the molecule is N#Cc1c(F)cccc1NC(=O)CC(N)C1CC1. The first-order chi connectivity index (χ1) is 8.61. The normalized spacial score (nSPS) is 15.8.